The highest BCUT2D eigenvalue weighted by atomic mass is 32.2. The van der Waals surface area contributed by atoms with Crippen molar-refractivity contribution in [2.45, 2.75) is 11.0 Å². The molecule has 3 aromatic rings. The number of hydrogen-bond donors (Lipinski definition) is 0. The number of thioether (sulfide) groups is 1. The van der Waals surface area contributed by atoms with E-state index in [4.69, 9.17) is 13.9 Å². The molecule has 0 spiro atoms. The first-order valence-corrected chi connectivity index (χ1v) is 8.31. The Morgan fingerprint density at radius 3 is 2.26 bits per heavy atom. The fourth-order valence-corrected chi connectivity index (χ4v) is 3.08. The lowest BCUT2D eigenvalue weighted by molar-refractivity contribution is 0.174. The highest BCUT2D eigenvalue weighted by Crippen LogP contribution is 2.36. The van der Waals surface area contributed by atoms with Crippen LogP contribution in [0.25, 0.3) is 11.5 Å². The number of rotatable bonds is 4. The monoisotopic (exact) mass is 402 g/mol. The van der Waals surface area contributed by atoms with Gasteiger partial charge >= 0.3 is 0 Å². The van der Waals surface area contributed by atoms with Gasteiger partial charge < -0.3 is 13.9 Å². The summed E-state index contributed by atoms with van der Waals surface area (Å²) >= 11 is 0.634. The molecule has 0 atom stereocenters. The fraction of sp³-hybridized carbons (Fsp3) is 0.125. The molecule has 0 radical (unpaired) electrons. The van der Waals surface area contributed by atoms with Crippen molar-refractivity contribution in [3.8, 4) is 23.0 Å². The van der Waals surface area contributed by atoms with Gasteiger partial charge in [0.05, 0.1) is 0 Å². The predicted octanol–water partition coefficient (Wildman–Crippen LogP) is 4.45. The lowest BCUT2D eigenvalue weighted by atomic mass is 10.2. The standard InChI is InChI=1S/C16H7F5N2O3S/c17-10-7(11(18)13(20)14(21)12(10)19)4-27-16-23-22-15(26-16)6-1-2-8-9(3-6)25-5-24-8/h1-3H,4-5H2. The number of ether oxygens (including phenoxy) is 2. The van der Waals surface area contributed by atoms with Gasteiger partial charge in [0.25, 0.3) is 5.22 Å². The van der Waals surface area contributed by atoms with Crippen LogP contribution in [0.4, 0.5) is 22.0 Å². The maximum Gasteiger partial charge on any atom is 0.277 e. The Labute approximate surface area is 152 Å². The number of halogens is 5. The molecule has 0 saturated heterocycles. The van der Waals surface area contributed by atoms with E-state index in [0.717, 1.165) is 0 Å². The van der Waals surface area contributed by atoms with Crippen molar-refractivity contribution in [3.05, 3.63) is 52.8 Å². The maximum absolute atomic E-state index is 13.7. The van der Waals surface area contributed by atoms with Gasteiger partial charge in [-0.1, -0.05) is 11.8 Å². The molecule has 0 N–H and O–H groups in total. The average molecular weight is 402 g/mol. The van der Waals surface area contributed by atoms with Crippen molar-refractivity contribution < 1.29 is 35.8 Å². The molecule has 0 saturated carbocycles. The maximum atomic E-state index is 13.7. The van der Waals surface area contributed by atoms with Gasteiger partial charge in [0.2, 0.25) is 18.5 Å². The minimum Gasteiger partial charge on any atom is -0.454 e. The van der Waals surface area contributed by atoms with Crippen molar-refractivity contribution >= 4 is 11.8 Å². The van der Waals surface area contributed by atoms with Crippen LogP contribution in [0.2, 0.25) is 0 Å². The lowest BCUT2D eigenvalue weighted by Crippen LogP contribution is -2.06. The van der Waals surface area contributed by atoms with Crippen LogP contribution in [-0.2, 0) is 5.75 Å². The Bertz CT molecular complexity index is 1010. The van der Waals surface area contributed by atoms with Crippen LogP contribution in [0.3, 0.4) is 0 Å². The van der Waals surface area contributed by atoms with E-state index in [-0.39, 0.29) is 17.9 Å². The first-order chi connectivity index (χ1) is 13.0. The summed E-state index contributed by atoms with van der Waals surface area (Å²) in [6.45, 7) is 0.0889. The van der Waals surface area contributed by atoms with Crippen molar-refractivity contribution in [2.75, 3.05) is 6.79 Å². The fourth-order valence-electron chi connectivity index (χ4n) is 2.33. The van der Waals surface area contributed by atoms with Crippen molar-refractivity contribution in [2.24, 2.45) is 0 Å². The van der Waals surface area contributed by atoms with Crippen LogP contribution in [0.5, 0.6) is 11.5 Å². The summed E-state index contributed by atoms with van der Waals surface area (Å²) < 4.78 is 82.6. The minimum absolute atomic E-state index is 0.0889. The summed E-state index contributed by atoms with van der Waals surface area (Å²) in [7, 11) is 0. The van der Waals surface area contributed by atoms with E-state index < -0.39 is 40.4 Å². The molecular formula is C16H7F5N2O3S. The molecule has 0 amide bonds. The van der Waals surface area contributed by atoms with Gasteiger partial charge in [0.1, 0.15) is 0 Å². The zero-order valence-electron chi connectivity index (χ0n) is 13.1. The summed E-state index contributed by atoms with van der Waals surface area (Å²) in [6.07, 6.45) is 0. The molecule has 11 heteroatoms. The molecule has 1 aromatic heterocycles. The molecule has 140 valence electrons. The van der Waals surface area contributed by atoms with Gasteiger partial charge in [-0.05, 0) is 18.2 Å². The Morgan fingerprint density at radius 2 is 1.52 bits per heavy atom. The summed E-state index contributed by atoms with van der Waals surface area (Å²) in [6, 6.07) is 4.89. The number of aromatic nitrogens is 2. The first-order valence-electron chi connectivity index (χ1n) is 7.32. The summed E-state index contributed by atoms with van der Waals surface area (Å²) in [5, 5.41) is 7.37. The Balaban J connectivity index is 1.54. The Kier molecular flexibility index (Phi) is 4.38. The van der Waals surface area contributed by atoms with Crippen molar-refractivity contribution in [3.63, 3.8) is 0 Å². The molecule has 1 aliphatic heterocycles. The molecule has 4 rings (SSSR count). The second-order valence-corrected chi connectivity index (χ2v) is 6.20. The second kappa shape index (κ2) is 6.72. The highest BCUT2D eigenvalue weighted by Gasteiger charge is 2.26. The molecule has 5 nitrogen and oxygen atoms in total. The van der Waals surface area contributed by atoms with Crippen LogP contribution < -0.4 is 9.47 Å². The van der Waals surface area contributed by atoms with Gasteiger partial charge in [0, 0.05) is 16.9 Å². The predicted molar refractivity (Wildman–Crippen MR) is 81.7 cm³/mol. The summed E-state index contributed by atoms with van der Waals surface area (Å²) in [5.41, 5.74) is -0.464. The molecule has 0 aliphatic carbocycles. The van der Waals surface area contributed by atoms with Gasteiger partial charge in [-0.15, -0.1) is 10.2 Å². The molecule has 1 aliphatic rings. The van der Waals surface area contributed by atoms with Gasteiger partial charge in [-0.25, -0.2) is 22.0 Å². The van der Waals surface area contributed by atoms with Crippen LogP contribution >= 0.6 is 11.8 Å². The third kappa shape index (κ3) is 3.07. The normalized spacial score (nSPS) is 12.6. The quantitative estimate of drug-likeness (QED) is 0.278. The van der Waals surface area contributed by atoms with Gasteiger partial charge in [0.15, 0.2) is 34.8 Å². The smallest absolute Gasteiger partial charge is 0.277 e. The van der Waals surface area contributed by atoms with E-state index in [1.165, 1.54) is 0 Å². The van der Waals surface area contributed by atoms with E-state index in [9.17, 15) is 22.0 Å². The van der Waals surface area contributed by atoms with E-state index >= 15 is 0 Å². The zero-order chi connectivity index (χ0) is 19.1. The third-order valence-electron chi connectivity index (χ3n) is 3.67. The molecule has 27 heavy (non-hydrogen) atoms. The highest BCUT2D eigenvalue weighted by molar-refractivity contribution is 7.98. The van der Waals surface area contributed by atoms with E-state index in [1.807, 2.05) is 0 Å². The molecule has 0 unspecified atom stereocenters. The van der Waals surface area contributed by atoms with Crippen LogP contribution in [0, 0.1) is 29.1 Å². The largest absolute Gasteiger partial charge is 0.454 e. The molecular weight excluding hydrogens is 395 g/mol. The average Bonchev–Trinajstić information content (AvgIpc) is 3.33. The first kappa shape index (κ1) is 17.6. The Morgan fingerprint density at radius 1 is 0.852 bits per heavy atom. The van der Waals surface area contributed by atoms with E-state index in [1.54, 1.807) is 18.2 Å². The summed E-state index contributed by atoms with van der Waals surface area (Å²) in [5.74, 6) is -9.46. The lowest BCUT2D eigenvalue weighted by Gasteiger charge is -2.06. The second-order valence-electron chi connectivity index (χ2n) is 5.28. The number of hydrogen-bond acceptors (Lipinski definition) is 6. The number of fused-ring (bicyclic) bond motifs is 1. The van der Waals surface area contributed by atoms with Crippen LogP contribution in [0.1, 0.15) is 5.56 Å². The number of benzene rings is 2. The molecule has 2 heterocycles. The SMILES string of the molecule is Fc1c(F)c(F)c(CSc2nnc(-c3ccc4c(c3)OCO4)o2)c(F)c1F. The van der Waals surface area contributed by atoms with Crippen molar-refractivity contribution in [1.82, 2.24) is 10.2 Å². The van der Waals surface area contributed by atoms with Gasteiger partial charge in [-0.2, -0.15) is 0 Å². The Hall–Kier alpha value is -2.82. The van der Waals surface area contributed by atoms with Crippen LogP contribution in [-0.4, -0.2) is 17.0 Å². The minimum atomic E-state index is -2.21. The molecule has 0 fully saturated rings. The summed E-state index contributed by atoms with van der Waals surface area (Å²) in [4.78, 5) is 0. The van der Waals surface area contributed by atoms with Gasteiger partial charge in [-0.3, -0.25) is 0 Å². The van der Waals surface area contributed by atoms with Crippen LogP contribution in [0.15, 0.2) is 27.8 Å². The number of nitrogens with zero attached hydrogens (tertiary/aromatic N) is 2. The zero-order valence-corrected chi connectivity index (χ0v) is 13.9. The topological polar surface area (TPSA) is 57.4 Å². The third-order valence-corrected chi connectivity index (χ3v) is 4.51. The van der Waals surface area contributed by atoms with E-state index in [2.05, 4.69) is 10.2 Å². The van der Waals surface area contributed by atoms with E-state index in [0.29, 0.717) is 28.8 Å². The molecule has 0 bridgehead atoms. The van der Waals surface area contributed by atoms with Crippen molar-refractivity contribution in [1.29, 1.82) is 0 Å². The molecule has 2 aromatic carbocycles.